The lowest BCUT2D eigenvalue weighted by molar-refractivity contribution is -0.138. The summed E-state index contributed by atoms with van der Waals surface area (Å²) < 4.78 is 15.9. The molecule has 0 saturated heterocycles. The van der Waals surface area contributed by atoms with Gasteiger partial charge in [0.05, 0.1) is 0 Å². The number of hydrogen-bond donors (Lipinski definition) is 0. The van der Waals surface area contributed by atoms with Gasteiger partial charge in [-0.15, -0.1) is 0 Å². The second kappa shape index (κ2) is 6.98. The van der Waals surface area contributed by atoms with Gasteiger partial charge in [-0.25, -0.2) is 0 Å². The van der Waals surface area contributed by atoms with Crippen molar-refractivity contribution >= 4 is 14.8 Å². The molecule has 0 N–H and O–H groups in total. The van der Waals surface area contributed by atoms with Gasteiger partial charge in [0.15, 0.2) is 0 Å². The van der Waals surface area contributed by atoms with Crippen molar-refractivity contribution in [2.75, 3.05) is 14.2 Å². The lowest BCUT2D eigenvalue weighted by Crippen LogP contribution is -2.46. The molecule has 0 aromatic heterocycles. The van der Waals surface area contributed by atoms with Crippen LogP contribution in [0, 0.1) is 5.92 Å². The van der Waals surface area contributed by atoms with E-state index in [1.807, 2.05) is 20.8 Å². The predicted octanol–water partition coefficient (Wildman–Crippen LogP) is 2.22. The van der Waals surface area contributed by atoms with E-state index in [4.69, 9.17) is 13.3 Å². The van der Waals surface area contributed by atoms with Gasteiger partial charge in [-0.05, 0) is 12.3 Å². The van der Waals surface area contributed by atoms with E-state index in [2.05, 4.69) is 0 Å². The summed E-state index contributed by atoms with van der Waals surface area (Å²) in [4.78, 5) is 11.4. The van der Waals surface area contributed by atoms with Gasteiger partial charge in [-0.3, -0.25) is 4.79 Å². The van der Waals surface area contributed by atoms with E-state index >= 15 is 0 Å². The van der Waals surface area contributed by atoms with Crippen LogP contribution in [0.3, 0.4) is 0 Å². The molecule has 0 aromatic rings. The average molecular weight is 234 g/mol. The maximum atomic E-state index is 11.4. The average Bonchev–Trinajstić information content (AvgIpc) is 2.16. The van der Waals surface area contributed by atoms with Crippen LogP contribution in [0.1, 0.15) is 33.6 Å². The van der Waals surface area contributed by atoms with Crippen LogP contribution in [0.25, 0.3) is 0 Å². The van der Waals surface area contributed by atoms with E-state index in [1.165, 1.54) is 14.2 Å². The molecular weight excluding hydrogens is 212 g/mol. The Morgan fingerprint density at radius 1 is 1.27 bits per heavy atom. The third-order valence-electron chi connectivity index (χ3n) is 2.00. The van der Waals surface area contributed by atoms with E-state index in [-0.39, 0.29) is 5.97 Å². The molecule has 90 valence electrons. The standard InChI is InChI=1S/C10H22O4Si/c1-6-7-10(11)14-15(12-4,13-5)8-9(2)3/h9H,6-8H2,1-5H3. The van der Waals surface area contributed by atoms with Crippen LogP contribution < -0.4 is 0 Å². The minimum Gasteiger partial charge on any atom is -0.473 e. The van der Waals surface area contributed by atoms with Crippen molar-refractivity contribution in [1.82, 2.24) is 0 Å². The number of carbonyl (C=O) groups is 1. The maximum Gasteiger partial charge on any atom is 0.567 e. The van der Waals surface area contributed by atoms with Crippen molar-refractivity contribution in [3.05, 3.63) is 0 Å². The first kappa shape index (κ1) is 14.6. The fourth-order valence-corrected chi connectivity index (χ4v) is 3.50. The fourth-order valence-electron chi connectivity index (χ4n) is 1.30. The van der Waals surface area contributed by atoms with Gasteiger partial charge in [-0.1, -0.05) is 20.8 Å². The monoisotopic (exact) mass is 234 g/mol. The normalized spacial score (nSPS) is 11.9. The third kappa shape index (κ3) is 5.29. The van der Waals surface area contributed by atoms with E-state index < -0.39 is 8.80 Å². The highest BCUT2D eigenvalue weighted by molar-refractivity contribution is 6.62. The quantitative estimate of drug-likeness (QED) is 0.634. The molecule has 15 heavy (non-hydrogen) atoms. The maximum absolute atomic E-state index is 11.4. The van der Waals surface area contributed by atoms with E-state index in [0.717, 1.165) is 6.42 Å². The molecule has 5 heteroatoms. The van der Waals surface area contributed by atoms with Crippen LogP contribution in [0.5, 0.6) is 0 Å². The van der Waals surface area contributed by atoms with E-state index in [9.17, 15) is 4.79 Å². The lowest BCUT2D eigenvalue weighted by Gasteiger charge is -2.27. The lowest BCUT2D eigenvalue weighted by atomic mass is 10.3. The summed E-state index contributed by atoms with van der Waals surface area (Å²) in [6, 6.07) is 0.662. The molecule has 0 aliphatic rings. The molecule has 0 radical (unpaired) electrons. The molecule has 4 nitrogen and oxygen atoms in total. The minimum atomic E-state index is -2.76. The molecule has 0 fully saturated rings. The zero-order valence-electron chi connectivity index (χ0n) is 10.3. The molecule has 0 spiro atoms. The molecule has 0 unspecified atom stereocenters. The van der Waals surface area contributed by atoms with Gasteiger partial charge >= 0.3 is 8.80 Å². The second-order valence-electron chi connectivity index (χ2n) is 3.91. The Bertz CT molecular complexity index is 190. The Morgan fingerprint density at radius 3 is 2.13 bits per heavy atom. The highest BCUT2D eigenvalue weighted by Crippen LogP contribution is 2.20. The Balaban J connectivity index is 4.41. The summed E-state index contributed by atoms with van der Waals surface area (Å²) in [6.45, 7) is 6.04. The summed E-state index contributed by atoms with van der Waals surface area (Å²) in [5.41, 5.74) is 0. The molecule has 0 atom stereocenters. The van der Waals surface area contributed by atoms with Crippen LogP contribution in [-0.2, 0) is 18.1 Å². The first-order valence-electron chi connectivity index (χ1n) is 5.31. The van der Waals surface area contributed by atoms with Crippen molar-refractivity contribution in [2.24, 2.45) is 5.92 Å². The Labute approximate surface area is 93.3 Å². The van der Waals surface area contributed by atoms with Crippen molar-refractivity contribution in [3.8, 4) is 0 Å². The van der Waals surface area contributed by atoms with Crippen molar-refractivity contribution in [3.63, 3.8) is 0 Å². The van der Waals surface area contributed by atoms with Gasteiger partial charge < -0.3 is 13.3 Å². The first-order valence-corrected chi connectivity index (χ1v) is 7.25. The predicted molar refractivity (Wildman–Crippen MR) is 60.4 cm³/mol. The smallest absolute Gasteiger partial charge is 0.473 e. The SMILES string of the molecule is CCCC(=O)O[Si](CC(C)C)(OC)OC. The molecule has 0 aliphatic heterocycles. The number of hydrogen-bond acceptors (Lipinski definition) is 4. The third-order valence-corrected chi connectivity index (χ3v) is 5.10. The zero-order valence-corrected chi connectivity index (χ0v) is 11.3. The van der Waals surface area contributed by atoms with Gasteiger partial charge in [0.25, 0.3) is 5.97 Å². The summed E-state index contributed by atoms with van der Waals surface area (Å²) >= 11 is 0. The number of carbonyl (C=O) groups excluding carboxylic acids is 1. The van der Waals surface area contributed by atoms with Crippen LogP contribution >= 0.6 is 0 Å². The van der Waals surface area contributed by atoms with Gasteiger partial charge in [-0.2, -0.15) is 0 Å². The van der Waals surface area contributed by atoms with Crippen LogP contribution in [0.15, 0.2) is 0 Å². The molecule has 0 bridgehead atoms. The summed E-state index contributed by atoms with van der Waals surface area (Å²) in [6.07, 6.45) is 1.19. The van der Waals surface area contributed by atoms with E-state index in [1.54, 1.807) is 0 Å². The Kier molecular flexibility index (Phi) is 6.79. The molecule has 0 rings (SSSR count). The second-order valence-corrected chi connectivity index (χ2v) is 6.71. The van der Waals surface area contributed by atoms with Crippen molar-refractivity contribution in [2.45, 2.75) is 39.7 Å². The highest BCUT2D eigenvalue weighted by Gasteiger charge is 2.43. The van der Waals surface area contributed by atoms with Crippen molar-refractivity contribution < 1.29 is 18.1 Å². The largest absolute Gasteiger partial charge is 0.567 e. The molecule has 0 aromatic carbocycles. The fraction of sp³-hybridized carbons (Fsp3) is 0.900. The summed E-state index contributed by atoms with van der Waals surface area (Å²) in [7, 11) is 0.322. The topological polar surface area (TPSA) is 44.8 Å². The van der Waals surface area contributed by atoms with Gasteiger partial charge in [0, 0.05) is 26.7 Å². The first-order chi connectivity index (χ1) is 6.99. The summed E-state index contributed by atoms with van der Waals surface area (Å²) in [5.74, 6) is 0.152. The zero-order chi connectivity index (χ0) is 11.9. The van der Waals surface area contributed by atoms with Gasteiger partial charge in [0.1, 0.15) is 0 Å². The van der Waals surface area contributed by atoms with Crippen LogP contribution in [0.2, 0.25) is 6.04 Å². The van der Waals surface area contributed by atoms with E-state index in [0.29, 0.717) is 18.4 Å². The Morgan fingerprint density at radius 2 is 1.80 bits per heavy atom. The van der Waals surface area contributed by atoms with Crippen molar-refractivity contribution in [1.29, 1.82) is 0 Å². The number of rotatable bonds is 7. The molecule has 0 amide bonds. The van der Waals surface area contributed by atoms with Gasteiger partial charge in [0.2, 0.25) is 0 Å². The molecular formula is C10H22O4Si. The highest BCUT2D eigenvalue weighted by atomic mass is 28.4. The summed E-state index contributed by atoms with van der Waals surface area (Å²) in [5, 5.41) is 0. The Hall–Kier alpha value is -0.393. The molecule has 0 heterocycles. The molecule has 0 aliphatic carbocycles. The van der Waals surface area contributed by atoms with Crippen LogP contribution in [0.4, 0.5) is 0 Å². The molecule has 0 saturated carbocycles. The minimum absolute atomic E-state index is 0.228. The van der Waals surface area contributed by atoms with Crippen LogP contribution in [-0.4, -0.2) is 29.0 Å².